The number of anilines is 2. The lowest BCUT2D eigenvalue weighted by Gasteiger charge is -2.18. The fraction of sp³-hybridized carbons (Fsp3) is 0.429. The van der Waals surface area contributed by atoms with E-state index in [1.807, 2.05) is 6.92 Å². The third kappa shape index (κ3) is 4.78. The van der Waals surface area contributed by atoms with E-state index < -0.39 is 0 Å². The first-order valence-corrected chi connectivity index (χ1v) is 6.27. The second kappa shape index (κ2) is 7.36. The Morgan fingerprint density at radius 3 is 2.90 bits per heavy atom. The molecule has 20 heavy (non-hydrogen) atoms. The summed E-state index contributed by atoms with van der Waals surface area (Å²) in [6, 6.07) is 7.18. The molecule has 0 heterocycles. The number of carbonyl (C=O) groups excluding carboxylic acids is 1. The number of hydrogen-bond donors (Lipinski definition) is 2. The van der Waals surface area contributed by atoms with E-state index in [1.54, 1.807) is 30.1 Å². The van der Waals surface area contributed by atoms with Crippen molar-refractivity contribution in [3.8, 4) is 11.8 Å². The van der Waals surface area contributed by atoms with Gasteiger partial charge in [0, 0.05) is 18.3 Å². The third-order valence-electron chi connectivity index (χ3n) is 2.72. The molecule has 1 atom stereocenters. The summed E-state index contributed by atoms with van der Waals surface area (Å²) in [5.41, 5.74) is 6.80. The molecule has 1 aromatic rings. The van der Waals surface area contributed by atoms with Crippen LogP contribution in [0.3, 0.4) is 0 Å². The van der Waals surface area contributed by atoms with Crippen LogP contribution in [-0.4, -0.2) is 38.1 Å². The fourth-order valence-corrected chi connectivity index (χ4v) is 1.82. The maximum absolute atomic E-state index is 11.9. The number of nitrogen functional groups attached to an aromatic ring is 1. The second-order valence-corrected chi connectivity index (χ2v) is 4.73. The molecule has 1 amide bonds. The molecule has 1 unspecified atom stereocenters. The molecule has 3 N–H and O–H groups in total. The number of likely N-dealkylation sites (N-methyl/N-ethyl adjacent to an activating group) is 1. The summed E-state index contributed by atoms with van der Waals surface area (Å²) in [7, 11) is 3.32. The third-order valence-corrected chi connectivity index (χ3v) is 2.72. The van der Waals surface area contributed by atoms with Gasteiger partial charge in [-0.2, -0.15) is 5.26 Å². The van der Waals surface area contributed by atoms with E-state index in [0.717, 1.165) is 0 Å². The quantitative estimate of drug-likeness (QED) is 0.764. The zero-order valence-electron chi connectivity index (χ0n) is 12.0. The molecular formula is C14H20N4O2. The predicted molar refractivity (Wildman–Crippen MR) is 78.3 cm³/mol. The number of rotatable bonds is 6. The van der Waals surface area contributed by atoms with Gasteiger partial charge in [0.25, 0.3) is 0 Å². The second-order valence-electron chi connectivity index (χ2n) is 4.73. The number of ether oxygens (including phenoxy) is 1. The van der Waals surface area contributed by atoms with Crippen LogP contribution in [0.15, 0.2) is 18.2 Å². The van der Waals surface area contributed by atoms with Crippen molar-refractivity contribution in [1.29, 1.82) is 5.26 Å². The Hall–Kier alpha value is -2.26. The normalized spacial score (nSPS) is 11.8. The summed E-state index contributed by atoms with van der Waals surface area (Å²) in [5.74, 6) is 0.242. The molecule has 6 nitrogen and oxygen atoms in total. The van der Waals surface area contributed by atoms with Crippen molar-refractivity contribution >= 4 is 17.3 Å². The molecule has 108 valence electrons. The maximum atomic E-state index is 11.9. The average Bonchev–Trinajstić information content (AvgIpc) is 2.40. The zero-order valence-corrected chi connectivity index (χ0v) is 12.0. The lowest BCUT2D eigenvalue weighted by atomic mass is 10.2. The summed E-state index contributed by atoms with van der Waals surface area (Å²) in [6.45, 7) is 2.57. The number of amides is 1. The number of benzene rings is 1. The number of methoxy groups -OCH3 is 1. The summed E-state index contributed by atoms with van der Waals surface area (Å²) in [4.78, 5) is 13.7. The molecule has 0 fully saturated rings. The minimum Gasteiger partial charge on any atom is -0.494 e. The molecular weight excluding hydrogens is 256 g/mol. The highest BCUT2D eigenvalue weighted by Crippen LogP contribution is 2.26. The number of nitriles is 1. The van der Waals surface area contributed by atoms with Gasteiger partial charge in [-0.05, 0) is 26.1 Å². The molecule has 0 bridgehead atoms. The van der Waals surface area contributed by atoms with Crippen molar-refractivity contribution in [2.75, 3.05) is 38.3 Å². The summed E-state index contributed by atoms with van der Waals surface area (Å²) in [5, 5.41) is 11.5. The van der Waals surface area contributed by atoms with Crippen LogP contribution in [-0.2, 0) is 4.79 Å². The van der Waals surface area contributed by atoms with Crippen molar-refractivity contribution in [2.45, 2.75) is 6.92 Å². The average molecular weight is 276 g/mol. The molecule has 0 saturated heterocycles. The monoisotopic (exact) mass is 276 g/mol. The molecule has 1 rings (SSSR count). The van der Waals surface area contributed by atoms with Crippen LogP contribution in [0.25, 0.3) is 0 Å². The van der Waals surface area contributed by atoms with Crippen molar-refractivity contribution in [2.24, 2.45) is 5.92 Å². The molecule has 0 spiro atoms. The number of nitrogens with two attached hydrogens (primary N) is 1. The lowest BCUT2D eigenvalue weighted by Crippen LogP contribution is -2.33. The van der Waals surface area contributed by atoms with Gasteiger partial charge < -0.3 is 15.8 Å². The summed E-state index contributed by atoms with van der Waals surface area (Å²) in [6.07, 6.45) is 0. The molecule has 0 aliphatic heterocycles. The van der Waals surface area contributed by atoms with E-state index in [-0.39, 0.29) is 18.4 Å². The highest BCUT2D eigenvalue weighted by molar-refractivity contribution is 5.94. The summed E-state index contributed by atoms with van der Waals surface area (Å²) >= 11 is 0. The number of carbonyl (C=O) groups is 1. The van der Waals surface area contributed by atoms with Crippen LogP contribution < -0.4 is 15.8 Å². The Morgan fingerprint density at radius 2 is 2.30 bits per heavy atom. The van der Waals surface area contributed by atoms with Gasteiger partial charge in [-0.3, -0.25) is 9.69 Å². The Balaban J connectivity index is 2.61. The molecule has 0 aliphatic rings. The van der Waals surface area contributed by atoms with E-state index in [1.165, 1.54) is 7.11 Å². The van der Waals surface area contributed by atoms with Gasteiger partial charge in [-0.15, -0.1) is 0 Å². The van der Waals surface area contributed by atoms with Crippen LogP contribution in [0.4, 0.5) is 11.4 Å². The smallest absolute Gasteiger partial charge is 0.238 e. The topological polar surface area (TPSA) is 91.4 Å². The first-order chi connectivity index (χ1) is 9.46. The molecule has 0 radical (unpaired) electrons. The Bertz CT molecular complexity index is 510. The lowest BCUT2D eigenvalue weighted by molar-refractivity contribution is -0.117. The van der Waals surface area contributed by atoms with Crippen molar-refractivity contribution in [3.05, 3.63) is 18.2 Å². The van der Waals surface area contributed by atoms with Gasteiger partial charge >= 0.3 is 0 Å². The van der Waals surface area contributed by atoms with Gasteiger partial charge in [0.05, 0.1) is 31.3 Å². The molecule has 6 heteroatoms. The van der Waals surface area contributed by atoms with Crippen LogP contribution in [0.2, 0.25) is 0 Å². The van der Waals surface area contributed by atoms with E-state index >= 15 is 0 Å². The van der Waals surface area contributed by atoms with Crippen molar-refractivity contribution < 1.29 is 9.53 Å². The van der Waals surface area contributed by atoms with Gasteiger partial charge in [0.1, 0.15) is 5.75 Å². The van der Waals surface area contributed by atoms with E-state index in [0.29, 0.717) is 23.7 Å². The molecule has 0 saturated carbocycles. The number of hydrogen-bond acceptors (Lipinski definition) is 5. The number of nitrogens with zero attached hydrogens (tertiary/aromatic N) is 2. The minimum absolute atomic E-state index is 0.112. The van der Waals surface area contributed by atoms with Gasteiger partial charge in [-0.25, -0.2) is 0 Å². The molecule has 0 aliphatic carbocycles. The van der Waals surface area contributed by atoms with E-state index in [2.05, 4.69) is 11.4 Å². The van der Waals surface area contributed by atoms with Crippen molar-refractivity contribution in [3.63, 3.8) is 0 Å². The number of nitrogens with one attached hydrogen (secondary N) is 1. The van der Waals surface area contributed by atoms with Gasteiger partial charge in [0.2, 0.25) is 5.91 Å². The molecule has 1 aromatic carbocycles. The Kier molecular flexibility index (Phi) is 5.81. The summed E-state index contributed by atoms with van der Waals surface area (Å²) < 4.78 is 5.16. The predicted octanol–water partition coefficient (Wildman–Crippen LogP) is 1.31. The highest BCUT2D eigenvalue weighted by atomic mass is 16.5. The van der Waals surface area contributed by atoms with Crippen LogP contribution in [0.5, 0.6) is 5.75 Å². The maximum Gasteiger partial charge on any atom is 0.238 e. The van der Waals surface area contributed by atoms with Gasteiger partial charge in [-0.1, -0.05) is 0 Å². The fourth-order valence-electron chi connectivity index (χ4n) is 1.82. The Morgan fingerprint density at radius 1 is 1.60 bits per heavy atom. The first kappa shape index (κ1) is 15.8. The first-order valence-electron chi connectivity index (χ1n) is 6.27. The minimum atomic E-state index is -0.166. The largest absolute Gasteiger partial charge is 0.494 e. The van der Waals surface area contributed by atoms with Crippen LogP contribution in [0.1, 0.15) is 6.92 Å². The van der Waals surface area contributed by atoms with Crippen LogP contribution >= 0.6 is 0 Å². The van der Waals surface area contributed by atoms with E-state index in [4.69, 9.17) is 15.7 Å². The van der Waals surface area contributed by atoms with Crippen molar-refractivity contribution in [1.82, 2.24) is 4.90 Å². The molecule has 0 aromatic heterocycles. The highest BCUT2D eigenvalue weighted by Gasteiger charge is 2.12. The SMILES string of the molecule is COc1cc(N)ccc1NC(=O)CN(C)CC(C)C#N. The standard InChI is InChI=1S/C14H20N4O2/c1-10(7-15)8-18(2)9-14(19)17-12-5-4-11(16)6-13(12)20-3/h4-6,10H,8-9,16H2,1-3H3,(H,17,19). The zero-order chi connectivity index (χ0) is 15.1. The van der Waals surface area contributed by atoms with E-state index in [9.17, 15) is 4.79 Å². The van der Waals surface area contributed by atoms with Gasteiger partial charge in [0.15, 0.2) is 0 Å². The Labute approximate surface area is 119 Å². The van der Waals surface area contributed by atoms with Crippen LogP contribution in [0, 0.1) is 17.2 Å².